The first-order chi connectivity index (χ1) is 14.9. The van der Waals surface area contributed by atoms with Crippen LogP contribution in [0.25, 0.3) is 0 Å². The summed E-state index contributed by atoms with van der Waals surface area (Å²) in [6.45, 7) is 2.67. The molecule has 3 aromatic rings. The second-order valence-electron chi connectivity index (χ2n) is 7.04. The fourth-order valence-electron chi connectivity index (χ4n) is 3.30. The third kappa shape index (κ3) is 4.98. The van der Waals surface area contributed by atoms with Crippen molar-refractivity contribution in [3.8, 4) is 0 Å². The quantitative estimate of drug-likeness (QED) is 0.475. The molecule has 1 aliphatic heterocycles. The highest BCUT2D eigenvalue weighted by molar-refractivity contribution is 7.98. The molecule has 4 rings (SSSR count). The van der Waals surface area contributed by atoms with Crippen LogP contribution in [0.5, 0.6) is 0 Å². The number of benzene rings is 1. The lowest BCUT2D eigenvalue weighted by Gasteiger charge is -2.17. The molecule has 0 spiro atoms. The van der Waals surface area contributed by atoms with E-state index < -0.39 is 10.0 Å². The van der Waals surface area contributed by atoms with Gasteiger partial charge in [-0.15, -0.1) is 23.1 Å². The summed E-state index contributed by atoms with van der Waals surface area (Å²) < 4.78 is 26.7. The van der Waals surface area contributed by atoms with Crippen LogP contribution < -0.4 is 4.90 Å². The molecule has 3 heterocycles. The Hall–Kier alpha value is -2.27. The van der Waals surface area contributed by atoms with Gasteiger partial charge in [0.05, 0.1) is 16.4 Å². The van der Waals surface area contributed by atoms with Gasteiger partial charge in [-0.2, -0.15) is 4.31 Å². The molecule has 2 aromatic heterocycles. The van der Waals surface area contributed by atoms with Gasteiger partial charge in [0.1, 0.15) is 4.90 Å². The minimum Gasteiger partial charge on any atom is -0.274 e. The standard InChI is InChI=1S/C21H22N4O3S3/c1-16(26)25(18-7-3-2-4-8-18)21-23-17(15-30-21)14-29-20-10-9-19(13-22-20)31(27,28)24-11-5-6-12-24/h2-4,7-10,13,15H,5-6,11-12,14H2,1H3. The lowest BCUT2D eigenvalue weighted by Crippen LogP contribution is -2.27. The van der Waals surface area contributed by atoms with E-state index in [1.54, 1.807) is 17.0 Å². The Morgan fingerprint density at radius 3 is 2.55 bits per heavy atom. The van der Waals surface area contributed by atoms with Gasteiger partial charge in [-0.3, -0.25) is 9.69 Å². The third-order valence-electron chi connectivity index (χ3n) is 4.84. The molecule has 0 aliphatic carbocycles. The number of thioether (sulfide) groups is 1. The van der Waals surface area contributed by atoms with Crippen LogP contribution in [0, 0.1) is 0 Å². The summed E-state index contributed by atoms with van der Waals surface area (Å²) in [7, 11) is -3.45. The van der Waals surface area contributed by atoms with Crippen molar-refractivity contribution in [3.05, 3.63) is 59.7 Å². The van der Waals surface area contributed by atoms with E-state index in [9.17, 15) is 13.2 Å². The number of amides is 1. The molecule has 1 saturated heterocycles. The zero-order valence-corrected chi connectivity index (χ0v) is 19.4. The summed E-state index contributed by atoms with van der Waals surface area (Å²) in [6, 6.07) is 12.8. The molecule has 0 atom stereocenters. The number of hydrogen-bond acceptors (Lipinski definition) is 7. The molecule has 162 valence electrons. The van der Waals surface area contributed by atoms with Gasteiger partial charge in [0.15, 0.2) is 5.13 Å². The van der Waals surface area contributed by atoms with Crippen LogP contribution in [0.2, 0.25) is 0 Å². The zero-order chi connectivity index (χ0) is 21.8. The smallest absolute Gasteiger partial charge is 0.244 e. The van der Waals surface area contributed by atoms with E-state index in [0.29, 0.717) is 24.0 Å². The van der Waals surface area contributed by atoms with E-state index in [2.05, 4.69) is 9.97 Å². The largest absolute Gasteiger partial charge is 0.274 e. The molecule has 0 N–H and O–H groups in total. The highest BCUT2D eigenvalue weighted by Crippen LogP contribution is 2.31. The fraction of sp³-hybridized carbons (Fsp3) is 0.286. The van der Waals surface area contributed by atoms with Gasteiger partial charge in [-0.05, 0) is 37.1 Å². The van der Waals surface area contributed by atoms with Crippen molar-refractivity contribution < 1.29 is 13.2 Å². The molecule has 31 heavy (non-hydrogen) atoms. The Bertz CT molecular complexity index is 1140. The molecule has 1 fully saturated rings. The van der Waals surface area contributed by atoms with Crippen LogP contribution in [0.1, 0.15) is 25.5 Å². The normalized spacial score (nSPS) is 14.6. The van der Waals surface area contributed by atoms with Crippen LogP contribution >= 0.6 is 23.1 Å². The highest BCUT2D eigenvalue weighted by atomic mass is 32.2. The third-order valence-corrected chi connectivity index (χ3v) is 8.57. The number of para-hydroxylation sites is 1. The Morgan fingerprint density at radius 2 is 1.90 bits per heavy atom. The summed E-state index contributed by atoms with van der Waals surface area (Å²) in [5.41, 5.74) is 1.61. The SMILES string of the molecule is CC(=O)N(c1ccccc1)c1nc(CSc2ccc(S(=O)(=O)N3CCCC3)cn2)cs1. The molecule has 10 heteroatoms. The number of hydrogen-bond donors (Lipinski definition) is 0. The Morgan fingerprint density at radius 1 is 1.16 bits per heavy atom. The number of sulfonamides is 1. The van der Waals surface area contributed by atoms with Crippen LogP contribution in [0.15, 0.2) is 64.0 Å². The van der Waals surface area contributed by atoms with E-state index in [1.165, 1.54) is 40.5 Å². The van der Waals surface area contributed by atoms with Crippen molar-refractivity contribution in [1.29, 1.82) is 0 Å². The predicted molar refractivity (Wildman–Crippen MR) is 123 cm³/mol. The number of thiazole rings is 1. The first-order valence-corrected chi connectivity index (χ1v) is 13.1. The lowest BCUT2D eigenvalue weighted by atomic mass is 10.3. The Balaban J connectivity index is 1.42. The maximum atomic E-state index is 12.6. The molecule has 0 bridgehead atoms. The molecular formula is C21H22N4O3S3. The molecular weight excluding hydrogens is 452 g/mol. The highest BCUT2D eigenvalue weighted by Gasteiger charge is 2.27. The van der Waals surface area contributed by atoms with E-state index in [0.717, 1.165) is 29.2 Å². The summed E-state index contributed by atoms with van der Waals surface area (Å²) in [5, 5.41) is 3.27. The van der Waals surface area contributed by atoms with Gasteiger partial charge in [0, 0.05) is 37.3 Å². The average molecular weight is 475 g/mol. The first-order valence-electron chi connectivity index (χ1n) is 9.84. The van der Waals surface area contributed by atoms with Crippen LogP contribution in [-0.4, -0.2) is 41.7 Å². The van der Waals surface area contributed by atoms with Gasteiger partial charge < -0.3 is 0 Å². The van der Waals surface area contributed by atoms with Gasteiger partial charge in [-0.25, -0.2) is 18.4 Å². The topological polar surface area (TPSA) is 83.5 Å². The number of nitrogens with zero attached hydrogens (tertiary/aromatic N) is 4. The van der Waals surface area contributed by atoms with Crippen LogP contribution in [-0.2, 0) is 20.6 Å². The monoisotopic (exact) mass is 474 g/mol. The Labute approximate surface area is 190 Å². The summed E-state index contributed by atoms with van der Waals surface area (Å²) in [4.78, 5) is 22.9. The zero-order valence-electron chi connectivity index (χ0n) is 17.0. The second-order valence-corrected chi connectivity index (χ2v) is 10.8. The van der Waals surface area contributed by atoms with Crippen molar-refractivity contribution >= 4 is 49.8 Å². The number of carbonyl (C=O) groups excluding carboxylic acids is 1. The van der Waals surface area contributed by atoms with Crippen LogP contribution in [0.3, 0.4) is 0 Å². The van der Waals surface area contributed by atoms with Crippen LogP contribution in [0.4, 0.5) is 10.8 Å². The summed E-state index contributed by atoms with van der Waals surface area (Å²) in [6.07, 6.45) is 3.23. The van der Waals surface area contributed by atoms with E-state index >= 15 is 0 Å². The minimum atomic E-state index is -3.45. The first kappa shape index (κ1) is 21.9. The van der Waals surface area contributed by atoms with Crippen molar-refractivity contribution in [1.82, 2.24) is 14.3 Å². The molecule has 1 amide bonds. The van der Waals surface area contributed by atoms with Crippen molar-refractivity contribution in [2.75, 3.05) is 18.0 Å². The molecule has 1 aliphatic rings. The molecule has 0 radical (unpaired) electrons. The Kier molecular flexibility index (Phi) is 6.71. The van der Waals surface area contributed by atoms with Gasteiger partial charge >= 0.3 is 0 Å². The molecule has 7 nitrogen and oxygen atoms in total. The number of rotatable bonds is 7. The number of pyridine rings is 1. The van der Waals surface area contributed by atoms with Crippen molar-refractivity contribution in [3.63, 3.8) is 0 Å². The number of carbonyl (C=O) groups is 1. The average Bonchev–Trinajstić information content (AvgIpc) is 3.46. The molecule has 1 aromatic carbocycles. The van der Waals surface area contributed by atoms with Crippen molar-refractivity contribution in [2.45, 2.75) is 35.4 Å². The second kappa shape index (κ2) is 9.47. The maximum Gasteiger partial charge on any atom is 0.244 e. The van der Waals surface area contributed by atoms with Gasteiger partial charge in [-0.1, -0.05) is 18.2 Å². The number of anilines is 2. The lowest BCUT2D eigenvalue weighted by molar-refractivity contribution is -0.115. The predicted octanol–water partition coefficient (Wildman–Crippen LogP) is 4.30. The maximum absolute atomic E-state index is 12.6. The number of aromatic nitrogens is 2. The van der Waals surface area contributed by atoms with E-state index in [4.69, 9.17) is 0 Å². The molecule has 0 unspecified atom stereocenters. The fourth-order valence-corrected chi connectivity index (χ4v) is 6.49. The molecule has 0 saturated carbocycles. The van der Waals surface area contributed by atoms with Gasteiger partial charge in [0.2, 0.25) is 15.9 Å². The van der Waals surface area contributed by atoms with Gasteiger partial charge in [0.25, 0.3) is 0 Å². The van der Waals surface area contributed by atoms with E-state index in [1.807, 2.05) is 35.7 Å². The minimum absolute atomic E-state index is 0.101. The summed E-state index contributed by atoms with van der Waals surface area (Å²) >= 11 is 2.89. The summed E-state index contributed by atoms with van der Waals surface area (Å²) in [5.74, 6) is 0.471. The van der Waals surface area contributed by atoms with Crippen molar-refractivity contribution in [2.24, 2.45) is 0 Å². The van der Waals surface area contributed by atoms with E-state index in [-0.39, 0.29) is 10.8 Å².